The van der Waals surface area contributed by atoms with Crippen LogP contribution in [0.25, 0.3) is 6.08 Å². The maximum Gasteiger partial charge on any atom is 0.247 e. The minimum Gasteiger partial charge on any atom is -0.493 e. The molecule has 1 aliphatic rings. The van der Waals surface area contributed by atoms with Crippen molar-refractivity contribution in [1.29, 1.82) is 0 Å². The minimum absolute atomic E-state index is 0.113. The number of para-hydroxylation sites is 1. The number of carbonyl (C=O) groups excluding carboxylic acids is 2. The van der Waals surface area contributed by atoms with Gasteiger partial charge in [-0.3, -0.25) is 9.59 Å². The van der Waals surface area contributed by atoms with Gasteiger partial charge < -0.3 is 15.0 Å². The SMILES string of the molecule is CCOc1ccccc1C=CC(=O)N1CCNC(=O)C1C. The highest BCUT2D eigenvalue weighted by Crippen LogP contribution is 2.19. The predicted octanol–water partition coefficient (Wildman–Crippen LogP) is 1.45. The molecule has 0 saturated carbocycles. The van der Waals surface area contributed by atoms with E-state index < -0.39 is 6.04 Å². The van der Waals surface area contributed by atoms with Crippen LogP contribution in [0.15, 0.2) is 30.3 Å². The third kappa shape index (κ3) is 3.62. The normalized spacial score (nSPS) is 18.7. The van der Waals surface area contributed by atoms with Crippen LogP contribution >= 0.6 is 0 Å². The van der Waals surface area contributed by atoms with Gasteiger partial charge in [-0.15, -0.1) is 0 Å². The number of nitrogens with zero attached hydrogens (tertiary/aromatic N) is 1. The summed E-state index contributed by atoms with van der Waals surface area (Å²) >= 11 is 0. The maximum absolute atomic E-state index is 12.2. The monoisotopic (exact) mass is 288 g/mol. The predicted molar refractivity (Wildman–Crippen MR) is 80.8 cm³/mol. The maximum atomic E-state index is 12.2. The minimum atomic E-state index is -0.432. The van der Waals surface area contributed by atoms with Crippen LogP contribution in [0.5, 0.6) is 5.75 Å². The molecule has 0 bridgehead atoms. The average molecular weight is 288 g/mol. The van der Waals surface area contributed by atoms with E-state index >= 15 is 0 Å². The van der Waals surface area contributed by atoms with Gasteiger partial charge in [-0.1, -0.05) is 18.2 Å². The van der Waals surface area contributed by atoms with E-state index in [2.05, 4.69) is 5.32 Å². The van der Waals surface area contributed by atoms with E-state index in [1.165, 1.54) is 6.08 Å². The first-order valence-electron chi connectivity index (χ1n) is 7.11. The highest BCUT2D eigenvalue weighted by molar-refractivity contribution is 5.96. The van der Waals surface area contributed by atoms with E-state index in [9.17, 15) is 9.59 Å². The lowest BCUT2D eigenvalue weighted by molar-refractivity contribution is -0.139. The van der Waals surface area contributed by atoms with Crippen molar-refractivity contribution >= 4 is 17.9 Å². The summed E-state index contributed by atoms with van der Waals surface area (Å²) in [4.78, 5) is 25.4. The molecule has 1 saturated heterocycles. The smallest absolute Gasteiger partial charge is 0.247 e. The van der Waals surface area contributed by atoms with Gasteiger partial charge in [0.25, 0.3) is 0 Å². The Morgan fingerprint density at radius 2 is 2.24 bits per heavy atom. The van der Waals surface area contributed by atoms with Crippen LogP contribution in [-0.2, 0) is 9.59 Å². The van der Waals surface area contributed by atoms with Gasteiger partial charge in [0, 0.05) is 24.7 Å². The fourth-order valence-corrected chi connectivity index (χ4v) is 2.25. The van der Waals surface area contributed by atoms with Crippen molar-refractivity contribution in [2.75, 3.05) is 19.7 Å². The lowest BCUT2D eigenvalue weighted by atomic mass is 10.1. The molecule has 21 heavy (non-hydrogen) atoms. The molecule has 1 heterocycles. The van der Waals surface area contributed by atoms with Crippen molar-refractivity contribution in [1.82, 2.24) is 10.2 Å². The van der Waals surface area contributed by atoms with E-state index in [4.69, 9.17) is 4.74 Å². The molecule has 0 spiro atoms. The molecule has 0 aromatic heterocycles. The molecule has 1 aromatic rings. The molecule has 1 unspecified atom stereocenters. The van der Waals surface area contributed by atoms with E-state index in [1.54, 1.807) is 17.9 Å². The number of hydrogen-bond acceptors (Lipinski definition) is 3. The Morgan fingerprint density at radius 1 is 1.48 bits per heavy atom. The van der Waals surface area contributed by atoms with Crippen LogP contribution < -0.4 is 10.1 Å². The molecular weight excluding hydrogens is 268 g/mol. The Labute approximate surface area is 124 Å². The van der Waals surface area contributed by atoms with Crippen LogP contribution in [0.1, 0.15) is 19.4 Å². The summed E-state index contributed by atoms with van der Waals surface area (Å²) in [7, 11) is 0. The fourth-order valence-electron chi connectivity index (χ4n) is 2.25. The number of piperazine rings is 1. The molecule has 2 amide bonds. The van der Waals surface area contributed by atoms with Crippen LogP contribution in [0, 0.1) is 0 Å². The zero-order valence-electron chi connectivity index (χ0n) is 12.3. The third-order valence-electron chi connectivity index (χ3n) is 3.41. The Kier molecular flexibility index (Phi) is 4.98. The second-order valence-electron chi connectivity index (χ2n) is 4.80. The molecule has 1 atom stereocenters. The van der Waals surface area contributed by atoms with E-state index in [0.717, 1.165) is 11.3 Å². The molecule has 5 nitrogen and oxygen atoms in total. The second-order valence-corrected chi connectivity index (χ2v) is 4.80. The number of ether oxygens (including phenoxy) is 1. The fraction of sp³-hybridized carbons (Fsp3) is 0.375. The molecule has 5 heteroatoms. The van der Waals surface area contributed by atoms with Gasteiger partial charge in [0.2, 0.25) is 11.8 Å². The second kappa shape index (κ2) is 6.92. The van der Waals surface area contributed by atoms with Crippen molar-refractivity contribution in [3.05, 3.63) is 35.9 Å². The van der Waals surface area contributed by atoms with Gasteiger partial charge in [-0.25, -0.2) is 0 Å². The Morgan fingerprint density at radius 3 is 3.00 bits per heavy atom. The molecule has 112 valence electrons. The van der Waals surface area contributed by atoms with Crippen molar-refractivity contribution < 1.29 is 14.3 Å². The lowest BCUT2D eigenvalue weighted by Gasteiger charge is -2.31. The number of amides is 2. The molecular formula is C16H20N2O3. The summed E-state index contributed by atoms with van der Waals surface area (Å²) in [6.07, 6.45) is 3.22. The Balaban J connectivity index is 2.10. The van der Waals surface area contributed by atoms with Crippen LogP contribution in [0.2, 0.25) is 0 Å². The first-order chi connectivity index (χ1) is 10.1. The first-order valence-corrected chi connectivity index (χ1v) is 7.11. The van der Waals surface area contributed by atoms with Gasteiger partial charge in [0.05, 0.1) is 6.61 Å². The van der Waals surface area contributed by atoms with Gasteiger partial charge >= 0.3 is 0 Å². The van der Waals surface area contributed by atoms with Crippen molar-refractivity contribution in [2.24, 2.45) is 0 Å². The average Bonchev–Trinajstić information content (AvgIpc) is 2.49. The number of nitrogens with one attached hydrogen (secondary N) is 1. The summed E-state index contributed by atoms with van der Waals surface area (Å²) < 4.78 is 5.51. The standard InChI is InChI=1S/C16H20N2O3/c1-3-21-14-7-5-4-6-13(14)8-9-15(19)18-11-10-17-16(20)12(18)2/h4-9,12H,3,10-11H2,1-2H3,(H,17,20). The number of carbonyl (C=O) groups is 2. The summed E-state index contributed by atoms with van der Waals surface area (Å²) in [5.41, 5.74) is 0.849. The molecule has 1 N–H and O–H groups in total. The van der Waals surface area contributed by atoms with Gasteiger partial charge in [0.15, 0.2) is 0 Å². The first kappa shape index (κ1) is 15.1. The number of rotatable bonds is 4. The number of benzene rings is 1. The van der Waals surface area contributed by atoms with Crippen LogP contribution in [-0.4, -0.2) is 42.5 Å². The van der Waals surface area contributed by atoms with Crippen LogP contribution in [0.4, 0.5) is 0 Å². The van der Waals surface area contributed by atoms with Crippen LogP contribution in [0.3, 0.4) is 0 Å². The molecule has 2 rings (SSSR count). The zero-order valence-corrected chi connectivity index (χ0v) is 12.3. The molecule has 1 aromatic carbocycles. The van der Waals surface area contributed by atoms with E-state index in [0.29, 0.717) is 19.7 Å². The summed E-state index contributed by atoms with van der Waals surface area (Å²) in [6, 6.07) is 7.11. The van der Waals surface area contributed by atoms with Crippen molar-refractivity contribution in [2.45, 2.75) is 19.9 Å². The topological polar surface area (TPSA) is 58.6 Å². The molecule has 1 aliphatic heterocycles. The van der Waals surface area contributed by atoms with Crippen molar-refractivity contribution in [3.63, 3.8) is 0 Å². The number of hydrogen-bond donors (Lipinski definition) is 1. The zero-order chi connectivity index (χ0) is 15.2. The van der Waals surface area contributed by atoms with Crippen molar-refractivity contribution in [3.8, 4) is 5.75 Å². The van der Waals surface area contributed by atoms with Gasteiger partial charge in [-0.05, 0) is 26.0 Å². The molecule has 0 radical (unpaired) electrons. The summed E-state index contributed by atoms with van der Waals surface area (Å²) in [6.45, 7) is 5.25. The lowest BCUT2D eigenvalue weighted by Crippen LogP contribution is -2.55. The largest absolute Gasteiger partial charge is 0.493 e. The van der Waals surface area contributed by atoms with E-state index in [1.807, 2.05) is 31.2 Å². The summed E-state index contributed by atoms with van der Waals surface area (Å²) in [5, 5.41) is 2.74. The molecule has 1 fully saturated rings. The highest BCUT2D eigenvalue weighted by Gasteiger charge is 2.27. The third-order valence-corrected chi connectivity index (χ3v) is 3.41. The van der Waals surface area contributed by atoms with Gasteiger partial charge in [-0.2, -0.15) is 0 Å². The van der Waals surface area contributed by atoms with Gasteiger partial charge in [0.1, 0.15) is 11.8 Å². The summed E-state index contributed by atoms with van der Waals surface area (Å²) in [5.74, 6) is 0.467. The highest BCUT2D eigenvalue weighted by atomic mass is 16.5. The Hall–Kier alpha value is -2.30. The quantitative estimate of drug-likeness (QED) is 0.853. The molecule has 0 aliphatic carbocycles. The van der Waals surface area contributed by atoms with E-state index in [-0.39, 0.29) is 11.8 Å². The Bertz CT molecular complexity index is 554.